The molecule has 0 aliphatic carbocycles. The molecule has 0 spiro atoms. The Morgan fingerprint density at radius 2 is 1.58 bits per heavy atom. The molecule has 3 rings (SSSR count). The Morgan fingerprint density at radius 1 is 1.00 bits per heavy atom. The van der Waals surface area contributed by atoms with Gasteiger partial charge in [-0.15, -0.1) is 0 Å². The maximum Gasteiger partial charge on any atom is 0.248 e. The van der Waals surface area contributed by atoms with E-state index in [4.69, 9.17) is 14.2 Å². The third-order valence-electron chi connectivity index (χ3n) is 5.62. The van der Waals surface area contributed by atoms with E-state index in [0.29, 0.717) is 47.5 Å². The van der Waals surface area contributed by atoms with Crippen molar-refractivity contribution in [2.24, 2.45) is 5.92 Å². The van der Waals surface area contributed by atoms with Crippen molar-refractivity contribution in [2.45, 2.75) is 24.7 Å². The van der Waals surface area contributed by atoms with Crippen molar-refractivity contribution in [3.05, 3.63) is 48.0 Å². The summed E-state index contributed by atoms with van der Waals surface area (Å²) in [6.07, 6.45) is 4.73. The minimum Gasteiger partial charge on any atom is -0.493 e. The molecule has 0 atom stereocenters. The minimum atomic E-state index is -3.52. The third kappa shape index (κ3) is 5.85. The monoisotopic (exact) mass is 474 g/mol. The normalized spacial score (nSPS) is 15.4. The van der Waals surface area contributed by atoms with Gasteiger partial charge in [0.2, 0.25) is 21.7 Å². The predicted molar refractivity (Wildman–Crippen MR) is 127 cm³/mol. The molecule has 1 aliphatic heterocycles. The molecular weight excluding hydrogens is 444 g/mol. The van der Waals surface area contributed by atoms with Crippen molar-refractivity contribution in [1.29, 1.82) is 0 Å². The Morgan fingerprint density at radius 3 is 2.09 bits per heavy atom. The summed E-state index contributed by atoms with van der Waals surface area (Å²) < 4.78 is 43.1. The van der Waals surface area contributed by atoms with Gasteiger partial charge in [0.25, 0.3) is 0 Å². The van der Waals surface area contributed by atoms with Gasteiger partial charge in [0.1, 0.15) is 0 Å². The first-order valence-electron chi connectivity index (χ1n) is 10.7. The number of anilines is 1. The summed E-state index contributed by atoms with van der Waals surface area (Å²) in [5.74, 6) is 1.62. The van der Waals surface area contributed by atoms with Gasteiger partial charge in [-0.25, -0.2) is 8.42 Å². The standard InChI is InChI=1S/C24H30N2O6S/c1-17-11-13-26(14-12-17)33(28,29)20-8-6-19(7-9-20)25-23(27)10-5-18-15-21(30-2)24(32-4)22(16-18)31-3/h5-10,15-17H,11-14H2,1-4H3,(H,25,27). The Kier molecular flexibility index (Phi) is 7.99. The molecule has 1 aliphatic rings. The van der Waals surface area contributed by atoms with Gasteiger partial charge in [-0.1, -0.05) is 6.92 Å². The Balaban J connectivity index is 1.67. The van der Waals surface area contributed by atoms with E-state index in [-0.39, 0.29) is 10.8 Å². The average molecular weight is 475 g/mol. The van der Waals surface area contributed by atoms with Crippen LogP contribution in [0.15, 0.2) is 47.4 Å². The third-order valence-corrected chi connectivity index (χ3v) is 7.53. The maximum absolute atomic E-state index is 12.8. The zero-order valence-corrected chi connectivity index (χ0v) is 20.1. The average Bonchev–Trinajstić information content (AvgIpc) is 2.82. The van der Waals surface area contributed by atoms with E-state index in [1.54, 1.807) is 30.3 Å². The molecule has 0 radical (unpaired) electrons. The lowest BCUT2D eigenvalue weighted by molar-refractivity contribution is -0.111. The van der Waals surface area contributed by atoms with Crippen molar-refractivity contribution < 1.29 is 27.4 Å². The molecule has 0 aromatic heterocycles. The summed E-state index contributed by atoms with van der Waals surface area (Å²) >= 11 is 0. The molecule has 1 fully saturated rings. The largest absolute Gasteiger partial charge is 0.493 e. The highest BCUT2D eigenvalue weighted by molar-refractivity contribution is 7.89. The summed E-state index contributed by atoms with van der Waals surface area (Å²) in [6, 6.07) is 9.67. The van der Waals surface area contributed by atoms with E-state index in [9.17, 15) is 13.2 Å². The highest BCUT2D eigenvalue weighted by Crippen LogP contribution is 2.38. The first-order valence-corrected chi connectivity index (χ1v) is 12.1. The second kappa shape index (κ2) is 10.7. The zero-order valence-electron chi connectivity index (χ0n) is 19.3. The van der Waals surface area contributed by atoms with Crippen LogP contribution in [0.3, 0.4) is 0 Å². The van der Waals surface area contributed by atoms with Crippen LogP contribution in [0.4, 0.5) is 5.69 Å². The highest BCUT2D eigenvalue weighted by Gasteiger charge is 2.27. The van der Waals surface area contributed by atoms with Crippen LogP contribution in [0.2, 0.25) is 0 Å². The Bertz CT molecular complexity index is 1080. The second-order valence-corrected chi connectivity index (χ2v) is 9.83. The van der Waals surface area contributed by atoms with Crippen LogP contribution in [-0.2, 0) is 14.8 Å². The lowest BCUT2D eigenvalue weighted by Gasteiger charge is -2.29. The van der Waals surface area contributed by atoms with Crippen molar-refractivity contribution in [2.75, 3.05) is 39.7 Å². The molecule has 2 aromatic rings. The fourth-order valence-corrected chi connectivity index (χ4v) is 5.11. The number of piperidine rings is 1. The van der Waals surface area contributed by atoms with Crippen molar-refractivity contribution in [3.8, 4) is 17.2 Å². The van der Waals surface area contributed by atoms with E-state index in [0.717, 1.165) is 12.8 Å². The molecule has 1 saturated heterocycles. The number of nitrogens with zero attached hydrogens (tertiary/aromatic N) is 1. The summed E-state index contributed by atoms with van der Waals surface area (Å²) in [5.41, 5.74) is 1.19. The molecule has 178 valence electrons. The van der Waals surface area contributed by atoms with Gasteiger partial charge >= 0.3 is 0 Å². The number of nitrogens with one attached hydrogen (secondary N) is 1. The molecule has 8 nitrogen and oxygen atoms in total. The number of benzene rings is 2. The van der Waals surface area contributed by atoms with Crippen molar-refractivity contribution in [3.63, 3.8) is 0 Å². The van der Waals surface area contributed by atoms with Crippen molar-refractivity contribution in [1.82, 2.24) is 4.31 Å². The summed E-state index contributed by atoms with van der Waals surface area (Å²) in [4.78, 5) is 12.6. The van der Waals surface area contributed by atoms with Gasteiger partial charge in [0, 0.05) is 24.9 Å². The molecule has 9 heteroatoms. The number of carbonyl (C=O) groups excluding carboxylic acids is 1. The smallest absolute Gasteiger partial charge is 0.248 e. The number of ether oxygens (including phenoxy) is 3. The Hall–Kier alpha value is -3.04. The van der Waals surface area contributed by atoms with Crippen LogP contribution >= 0.6 is 0 Å². The molecule has 0 saturated carbocycles. The van der Waals surface area contributed by atoms with Crippen LogP contribution in [0.25, 0.3) is 6.08 Å². The van der Waals surface area contributed by atoms with Gasteiger partial charge in [0.15, 0.2) is 11.5 Å². The van der Waals surface area contributed by atoms with Crippen LogP contribution in [-0.4, -0.2) is 53.0 Å². The van der Waals surface area contributed by atoms with E-state index in [2.05, 4.69) is 12.2 Å². The predicted octanol–water partition coefficient (Wildman–Crippen LogP) is 3.78. The molecular formula is C24H30N2O6S. The first-order chi connectivity index (χ1) is 15.8. The molecule has 2 aromatic carbocycles. The lowest BCUT2D eigenvalue weighted by atomic mass is 10.0. The Labute approximate surface area is 195 Å². The van der Waals surface area contributed by atoms with E-state index in [1.165, 1.54) is 43.8 Å². The molecule has 1 N–H and O–H groups in total. The number of rotatable bonds is 8. The van der Waals surface area contributed by atoms with E-state index in [1.807, 2.05) is 0 Å². The second-order valence-electron chi connectivity index (χ2n) is 7.89. The fourth-order valence-electron chi connectivity index (χ4n) is 3.64. The van der Waals surface area contributed by atoms with Gasteiger partial charge < -0.3 is 19.5 Å². The van der Waals surface area contributed by atoms with Gasteiger partial charge in [-0.2, -0.15) is 4.31 Å². The summed E-state index contributed by atoms with van der Waals surface area (Å²) in [6.45, 7) is 3.21. The van der Waals surface area contributed by atoms with Crippen LogP contribution in [0.1, 0.15) is 25.3 Å². The van der Waals surface area contributed by atoms with Crippen LogP contribution < -0.4 is 19.5 Å². The number of carbonyl (C=O) groups is 1. The lowest BCUT2D eigenvalue weighted by Crippen LogP contribution is -2.37. The van der Waals surface area contributed by atoms with Crippen LogP contribution in [0, 0.1) is 5.92 Å². The molecule has 1 amide bonds. The number of hydrogen-bond acceptors (Lipinski definition) is 6. The first kappa shape index (κ1) is 24.6. The van der Waals surface area contributed by atoms with Crippen molar-refractivity contribution >= 4 is 27.7 Å². The SMILES string of the molecule is COc1cc(C=CC(=O)Nc2ccc(S(=O)(=O)N3CCC(C)CC3)cc2)cc(OC)c1OC. The van der Waals surface area contributed by atoms with Gasteiger partial charge in [0.05, 0.1) is 26.2 Å². The fraction of sp³-hybridized carbons (Fsp3) is 0.375. The minimum absolute atomic E-state index is 0.225. The highest BCUT2D eigenvalue weighted by atomic mass is 32.2. The number of amides is 1. The zero-order chi connectivity index (χ0) is 24.0. The van der Waals surface area contributed by atoms with E-state index < -0.39 is 10.0 Å². The van der Waals surface area contributed by atoms with E-state index >= 15 is 0 Å². The number of methoxy groups -OCH3 is 3. The topological polar surface area (TPSA) is 94.2 Å². The maximum atomic E-state index is 12.8. The van der Waals surface area contributed by atoms with Crippen LogP contribution in [0.5, 0.6) is 17.2 Å². The van der Waals surface area contributed by atoms with Gasteiger partial charge in [-0.3, -0.25) is 4.79 Å². The quantitative estimate of drug-likeness (QED) is 0.585. The molecule has 33 heavy (non-hydrogen) atoms. The molecule has 0 bridgehead atoms. The number of hydrogen-bond donors (Lipinski definition) is 1. The molecule has 1 heterocycles. The molecule has 0 unspecified atom stereocenters. The van der Waals surface area contributed by atoms with Gasteiger partial charge in [-0.05, 0) is 66.8 Å². The summed E-state index contributed by atoms with van der Waals surface area (Å²) in [7, 11) is 1.04. The number of sulfonamides is 1. The summed E-state index contributed by atoms with van der Waals surface area (Å²) in [5, 5.41) is 2.73.